The van der Waals surface area contributed by atoms with Crippen LogP contribution in [0.3, 0.4) is 0 Å². The Labute approximate surface area is 165 Å². The molecular formula is C22H26N2O4. The summed E-state index contributed by atoms with van der Waals surface area (Å²) < 4.78 is 10.5. The van der Waals surface area contributed by atoms with E-state index in [2.05, 4.69) is 5.32 Å². The number of carbonyl (C=O) groups is 2. The topological polar surface area (TPSA) is 67.9 Å². The Morgan fingerprint density at radius 1 is 1.07 bits per heavy atom. The highest BCUT2D eigenvalue weighted by atomic mass is 16.5. The number of benzene rings is 2. The molecule has 148 valence electrons. The summed E-state index contributed by atoms with van der Waals surface area (Å²) in [6, 6.07) is 12.8. The van der Waals surface area contributed by atoms with Crippen LogP contribution in [0.25, 0.3) is 0 Å². The molecule has 1 saturated heterocycles. The summed E-state index contributed by atoms with van der Waals surface area (Å²) in [5.74, 6) is 0.838. The van der Waals surface area contributed by atoms with Gasteiger partial charge in [-0.05, 0) is 31.9 Å². The van der Waals surface area contributed by atoms with Gasteiger partial charge in [0.1, 0.15) is 11.5 Å². The largest absolute Gasteiger partial charge is 0.497 e. The Bertz CT molecular complexity index is 843. The zero-order valence-electron chi connectivity index (χ0n) is 16.5. The van der Waals surface area contributed by atoms with Crippen LogP contribution in [0.1, 0.15) is 28.8 Å². The molecular weight excluding hydrogens is 356 g/mol. The quantitative estimate of drug-likeness (QED) is 0.859. The second kappa shape index (κ2) is 8.78. The average Bonchev–Trinajstić information content (AvgIpc) is 2.72. The molecule has 0 saturated carbocycles. The van der Waals surface area contributed by atoms with Crippen molar-refractivity contribution >= 4 is 17.5 Å². The van der Waals surface area contributed by atoms with Gasteiger partial charge in [0, 0.05) is 42.5 Å². The Balaban J connectivity index is 1.68. The van der Waals surface area contributed by atoms with Crippen LogP contribution >= 0.6 is 0 Å². The van der Waals surface area contributed by atoms with Crippen molar-refractivity contribution in [3.05, 3.63) is 53.6 Å². The van der Waals surface area contributed by atoms with E-state index in [-0.39, 0.29) is 17.7 Å². The molecule has 6 heteroatoms. The van der Waals surface area contributed by atoms with Crippen molar-refractivity contribution in [1.82, 2.24) is 4.90 Å². The number of nitrogens with one attached hydrogen (secondary N) is 1. The Hall–Kier alpha value is -3.02. The molecule has 1 heterocycles. The molecule has 2 aromatic carbocycles. The first-order chi connectivity index (χ1) is 13.5. The predicted molar refractivity (Wildman–Crippen MR) is 108 cm³/mol. The van der Waals surface area contributed by atoms with Gasteiger partial charge in [-0.3, -0.25) is 9.59 Å². The number of likely N-dealkylation sites (tertiary alicyclic amines) is 1. The number of aryl methyl sites for hydroxylation is 1. The molecule has 0 aliphatic carbocycles. The lowest BCUT2D eigenvalue weighted by molar-refractivity contribution is -0.121. The Morgan fingerprint density at radius 2 is 1.79 bits per heavy atom. The van der Waals surface area contributed by atoms with Gasteiger partial charge in [-0.15, -0.1) is 0 Å². The maximum absolute atomic E-state index is 12.8. The SMILES string of the molecule is COc1cc(NC(=O)[C@@H]2CCCN(C(=O)c3cccc(C)c3)C2)cc(OC)c1. The molecule has 1 aliphatic heterocycles. The number of hydrogen-bond donors (Lipinski definition) is 1. The number of ether oxygens (including phenoxy) is 2. The summed E-state index contributed by atoms with van der Waals surface area (Å²) >= 11 is 0. The molecule has 0 aromatic heterocycles. The van der Waals surface area contributed by atoms with Gasteiger partial charge in [-0.25, -0.2) is 0 Å². The summed E-state index contributed by atoms with van der Waals surface area (Å²) in [6.45, 7) is 3.05. The lowest BCUT2D eigenvalue weighted by atomic mass is 9.96. The van der Waals surface area contributed by atoms with E-state index in [1.807, 2.05) is 31.2 Å². The highest BCUT2D eigenvalue weighted by Gasteiger charge is 2.29. The fraction of sp³-hybridized carbons (Fsp3) is 0.364. The molecule has 2 amide bonds. The van der Waals surface area contributed by atoms with Gasteiger partial charge in [0.2, 0.25) is 5.91 Å². The van der Waals surface area contributed by atoms with Gasteiger partial charge in [0.05, 0.1) is 20.1 Å². The molecule has 1 atom stereocenters. The van der Waals surface area contributed by atoms with E-state index >= 15 is 0 Å². The monoisotopic (exact) mass is 382 g/mol. The second-order valence-electron chi connectivity index (χ2n) is 7.05. The van der Waals surface area contributed by atoms with E-state index in [0.29, 0.717) is 35.8 Å². The highest BCUT2D eigenvalue weighted by molar-refractivity contribution is 5.96. The van der Waals surface area contributed by atoms with Crippen LogP contribution in [-0.4, -0.2) is 44.0 Å². The van der Waals surface area contributed by atoms with Crippen LogP contribution < -0.4 is 14.8 Å². The van der Waals surface area contributed by atoms with E-state index in [9.17, 15) is 9.59 Å². The molecule has 1 fully saturated rings. The van der Waals surface area contributed by atoms with Crippen LogP contribution in [-0.2, 0) is 4.79 Å². The predicted octanol–water partition coefficient (Wildman–Crippen LogP) is 3.50. The highest BCUT2D eigenvalue weighted by Crippen LogP contribution is 2.27. The van der Waals surface area contributed by atoms with Gasteiger partial charge in [-0.1, -0.05) is 17.7 Å². The van der Waals surface area contributed by atoms with Gasteiger partial charge in [0.15, 0.2) is 0 Å². The summed E-state index contributed by atoms with van der Waals surface area (Å²) in [5, 5.41) is 2.93. The van der Waals surface area contributed by atoms with Crippen molar-refractivity contribution in [3.8, 4) is 11.5 Å². The average molecular weight is 382 g/mol. The first-order valence-corrected chi connectivity index (χ1v) is 9.40. The Morgan fingerprint density at radius 3 is 2.43 bits per heavy atom. The van der Waals surface area contributed by atoms with Crippen molar-refractivity contribution in [2.45, 2.75) is 19.8 Å². The zero-order valence-corrected chi connectivity index (χ0v) is 16.5. The maximum Gasteiger partial charge on any atom is 0.253 e. The number of carbonyl (C=O) groups excluding carboxylic acids is 2. The molecule has 0 spiro atoms. The van der Waals surface area contributed by atoms with Crippen molar-refractivity contribution in [2.75, 3.05) is 32.6 Å². The van der Waals surface area contributed by atoms with E-state index in [1.165, 1.54) is 0 Å². The molecule has 0 radical (unpaired) electrons. The number of rotatable bonds is 5. The van der Waals surface area contributed by atoms with Crippen LogP contribution in [0.15, 0.2) is 42.5 Å². The minimum atomic E-state index is -0.250. The molecule has 6 nitrogen and oxygen atoms in total. The molecule has 0 bridgehead atoms. The standard InChI is InChI=1S/C22H26N2O4/c1-15-6-4-7-16(10-15)22(26)24-9-5-8-17(14-24)21(25)23-18-11-19(27-2)13-20(12-18)28-3/h4,6-7,10-13,17H,5,8-9,14H2,1-3H3,(H,23,25)/t17-/m1/s1. The smallest absolute Gasteiger partial charge is 0.253 e. The van der Waals surface area contributed by atoms with Crippen LogP contribution in [0.2, 0.25) is 0 Å². The van der Waals surface area contributed by atoms with E-state index < -0.39 is 0 Å². The second-order valence-corrected chi connectivity index (χ2v) is 7.05. The third kappa shape index (κ3) is 4.63. The van der Waals surface area contributed by atoms with Gasteiger partial charge >= 0.3 is 0 Å². The fourth-order valence-electron chi connectivity index (χ4n) is 3.46. The van der Waals surface area contributed by atoms with E-state index in [4.69, 9.17) is 9.47 Å². The maximum atomic E-state index is 12.8. The zero-order chi connectivity index (χ0) is 20.1. The number of nitrogens with zero attached hydrogens (tertiary/aromatic N) is 1. The van der Waals surface area contributed by atoms with E-state index in [0.717, 1.165) is 18.4 Å². The van der Waals surface area contributed by atoms with Gasteiger partial charge in [0.25, 0.3) is 5.91 Å². The number of amides is 2. The minimum absolute atomic E-state index is 0.0238. The normalized spacial score (nSPS) is 16.4. The third-order valence-electron chi connectivity index (χ3n) is 4.96. The van der Waals surface area contributed by atoms with Crippen LogP contribution in [0.5, 0.6) is 11.5 Å². The summed E-state index contributed by atoms with van der Waals surface area (Å²) in [4.78, 5) is 27.4. The molecule has 2 aromatic rings. The van der Waals surface area contributed by atoms with E-state index in [1.54, 1.807) is 37.3 Å². The van der Waals surface area contributed by atoms with Crippen molar-refractivity contribution in [2.24, 2.45) is 5.92 Å². The number of anilines is 1. The lowest BCUT2D eigenvalue weighted by Gasteiger charge is -2.32. The number of methoxy groups -OCH3 is 2. The lowest BCUT2D eigenvalue weighted by Crippen LogP contribution is -2.43. The Kier molecular flexibility index (Phi) is 6.19. The first kappa shape index (κ1) is 19.7. The molecule has 28 heavy (non-hydrogen) atoms. The number of piperidine rings is 1. The van der Waals surface area contributed by atoms with Crippen LogP contribution in [0.4, 0.5) is 5.69 Å². The number of hydrogen-bond acceptors (Lipinski definition) is 4. The summed E-state index contributed by atoms with van der Waals surface area (Å²) in [5.41, 5.74) is 2.33. The molecule has 1 aliphatic rings. The van der Waals surface area contributed by atoms with Crippen molar-refractivity contribution in [3.63, 3.8) is 0 Å². The summed E-state index contributed by atoms with van der Waals surface area (Å²) in [6.07, 6.45) is 1.56. The van der Waals surface area contributed by atoms with Gasteiger partial charge < -0.3 is 19.7 Å². The first-order valence-electron chi connectivity index (χ1n) is 9.40. The summed E-state index contributed by atoms with van der Waals surface area (Å²) in [7, 11) is 3.13. The molecule has 1 N–H and O–H groups in total. The van der Waals surface area contributed by atoms with Gasteiger partial charge in [-0.2, -0.15) is 0 Å². The van der Waals surface area contributed by atoms with Crippen molar-refractivity contribution in [1.29, 1.82) is 0 Å². The molecule has 0 unspecified atom stereocenters. The minimum Gasteiger partial charge on any atom is -0.497 e. The molecule has 3 rings (SSSR count). The van der Waals surface area contributed by atoms with Crippen molar-refractivity contribution < 1.29 is 19.1 Å². The third-order valence-corrected chi connectivity index (χ3v) is 4.96. The fourth-order valence-corrected chi connectivity index (χ4v) is 3.46. The van der Waals surface area contributed by atoms with Crippen LogP contribution in [0, 0.1) is 12.8 Å².